The first-order valence-electron chi connectivity index (χ1n) is 6.55. The summed E-state index contributed by atoms with van der Waals surface area (Å²) in [6, 6.07) is 4.75. The van der Waals surface area contributed by atoms with Gasteiger partial charge in [-0.15, -0.1) is 35.3 Å². The molecule has 0 radical (unpaired) electrons. The quantitative estimate of drug-likeness (QED) is 0.409. The van der Waals surface area contributed by atoms with Gasteiger partial charge in [0.1, 0.15) is 0 Å². The Labute approximate surface area is 144 Å². The molecule has 0 spiro atoms. The Balaban J connectivity index is 0.00000180. The third-order valence-corrected chi connectivity index (χ3v) is 4.91. The summed E-state index contributed by atoms with van der Waals surface area (Å²) < 4.78 is 1.18. The number of rotatable bonds is 4. The average Bonchev–Trinajstić information content (AvgIpc) is 2.76. The van der Waals surface area contributed by atoms with Gasteiger partial charge in [0.25, 0.3) is 0 Å². The summed E-state index contributed by atoms with van der Waals surface area (Å²) in [7, 11) is 0. The van der Waals surface area contributed by atoms with Crippen LogP contribution in [-0.2, 0) is 6.42 Å². The number of nitrogens with zero attached hydrogens (tertiary/aromatic N) is 1. The van der Waals surface area contributed by atoms with Crippen molar-refractivity contribution in [2.75, 3.05) is 6.54 Å². The molecule has 0 aliphatic heterocycles. The fourth-order valence-corrected chi connectivity index (χ4v) is 3.75. The molecule has 0 saturated heterocycles. The van der Waals surface area contributed by atoms with E-state index in [1.807, 2.05) is 0 Å². The molecule has 6 heteroatoms. The van der Waals surface area contributed by atoms with Crippen LogP contribution in [0.4, 0.5) is 0 Å². The summed E-state index contributed by atoms with van der Waals surface area (Å²) in [6.45, 7) is 0.762. The minimum Gasteiger partial charge on any atom is -0.370 e. The summed E-state index contributed by atoms with van der Waals surface area (Å²) in [5.41, 5.74) is 5.91. The molecular formula is C13H21BrIN3S. The highest BCUT2D eigenvalue weighted by Gasteiger charge is 2.13. The Morgan fingerprint density at radius 2 is 2.11 bits per heavy atom. The fraction of sp³-hybridized carbons (Fsp3) is 0.615. The largest absolute Gasteiger partial charge is 0.370 e. The lowest BCUT2D eigenvalue weighted by atomic mass is 9.96. The molecule has 0 bridgehead atoms. The second-order valence-electron chi connectivity index (χ2n) is 4.70. The highest BCUT2D eigenvalue weighted by atomic mass is 127. The zero-order valence-corrected chi connectivity index (χ0v) is 15.6. The Morgan fingerprint density at radius 3 is 2.74 bits per heavy atom. The number of guanidine groups is 1. The van der Waals surface area contributed by atoms with E-state index in [4.69, 9.17) is 5.73 Å². The van der Waals surface area contributed by atoms with E-state index in [2.05, 4.69) is 38.4 Å². The smallest absolute Gasteiger partial charge is 0.188 e. The maximum Gasteiger partial charge on any atom is 0.188 e. The first kappa shape index (κ1) is 17.2. The predicted molar refractivity (Wildman–Crippen MR) is 97.6 cm³/mol. The van der Waals surface area contributed by atoms with Crippen LogP contribution >= 0.6 is 51.2 Å². The number of thiophene rings is 1. The van der Waals surface area contributed by atoms with E-state index < -0.39 is 0 Å². The Hall–Kier alpha value is 0.180. The summed E-state index contributed by atoms with van der Waals surface area (Å²) in [6.07, 6.45) is 7.41. The topological polar surface area (TPSA) is 50.4 Å². The van der Waals surface area contributed by atoms with Gasteiger partial charge in [-0.05, 0) is 40.9 Å². The van der Waals surface area contributed by atoms with Crippen LogP contribution in [0.2, 0.25) is 0 Å². The summed E-state index contributed by atoms with van der Waals surface area (Å²) >= 11 is 5.23. The lowest BCUT2D eigenvalue weighted by molar-refractivity contribution is 0.412. The average molecular weight is 458 g/mol. The molecule has 19 heavy (non-hydrogen) atoms. The van der Waals surface area contributed by atoms with Crippen LogP contribution in [0.3, 0.4) is 0 Å². The van der Waals surface area contributed by atoms with Crippen LogP contribution in [0, 0.1) is 0 Å². The van der Waals surface area contributed by atoms with Crippen LogP contribution in [-0.4, -0.2) is 18.5 Å². The predicted octanol–water partition coefficient (Wildman–Crippen LogP) is 3.91. The van der Waals surface area contributed by atoms with Gasteiger partial charge in [0.2, 0.25) is 0 Å². The molecular weight excluding hydrogens is 437 g/mol. The zero-order valence-electron chi connectivity index (χ0n) is 10.9. The third-order valence-electron chi connectivity index (χ3n) is 3.23. The molecule has 108 valence electrons. The van der Waals surface area contributed by atoms with E-state index in [0.717, 1.165) is 13.0 Å². The molecule has 2 rings (SSSR count). The van der Waals surface area contributed by atoms with Gasteiger partial charge in [-0.3, -0.25) is 4.99 Å². The number of nitrogens with one attached hydrogen (secondary N) is 1. The molecule has 1 heterocycles. The standard InChI is InChI=1S/C13H20BrN3S.HI/c14-12-7-6-11(18-12)8-9-16-13(15)17-10-4-2-1-3-5-10;/h6-7,10H,1-5,8-9H2,(H3,15,16,17);1H. The van der Waals surface area contributed by atoms with Crippen molar-refractivity contribution < 1.29 is 0 Å². The monoisotopic (exact) mass is 457 g/mol. The maximum absolute atomic E-state index is 5.91. The van der Waals surface area contributed by atoms with E-state index in [1.165, 1.54) is 40.8 Å². The van der Waals surface area contributed by atoms with Gasteiger partial charge in [0.15, 0.2) is 5.96 Å². The number of halogens is 2. The first-order chi connectivity index (χ1) is 8.74. The summed E-state index contributed by atoms with van der Waals surface area (Å²) in [5.74, 6) is 0.609. The van der Waals surface area contributed by atoms with Crippen molar-refractivity contribution >= 4 is 57.2 Å². The molecule has 1 aliphatic rings. The van der Waals surface area contributed by atoms with Crippen LogP contribution in [0.15, 0.2) is 20.9 Å². The van der Waals surface area contributed by atoms with E-state index in [9.17, 15) is 0 Å². The Kier molecular flexibility index (Phi) is 8.32. The number of aliphatic imine (C=N–C) groups is 1. The Bertz CT molecular complexity index is 402. The molecule has 0 amide bonds. The van der Waals surface area contributed by atoms with Crippen molar-refractivity contribution in [1.82, 2.24) is 5.32 Å². The van der Waals surface area contributed by atoms with Gasteiger partial charge in [-0.25, -0.2) is 0 Å². The second kappa shape index (κ2) is 9.18. The lowest BCUT2D eigenvalue weighted by Crippen LogP contribution is -2.41. The third kappa shape index (κ3) is 6.44. The van der Waals surface area contributed by atoms with Gasteiger partial charge < -0.3 is 11.1 Å². The molecule has 1 aromatic heterocycles. The molecule has 0 aromatic carbocycles. The first-order valence-corrected chi connectivity index (χ1v) is 8.15. The van der Waals surface area contributed by atoms with Gasteiger partial charge in [0, 0.05) is 23.9 Å². The summed E-state index contributed by atoms with van der Waals surface area (Å²) in [5, 5.41) is 3.33. The number of nitrogens with two attached hydrogens (primary N) is 1. The highest BCUT2D eigenvalue weighted by molar-refractivity contribution is 14.0. The van der Waals surface area contributed by atoms with Crippen molar-refractivity contribution in [3.05, 3.63) is 20.8 Å². The highest BCUT2D eigenvalue weighted by Crippen LogP contribution is 2.22. The van der Waals surface area contributed by atoms with Gasteiger partial charge in [-0.1, -0.05) is 19.3 Å². The van der Waals surface area contributed by atoms with E-state index in [-0.39, 0.29) is 24.0 Å². The van der Waals surface area contributed by atoms with E-state index in [0.29, 0.717) is 12.0 Å². The van der Waals surface area contributed by atoms with Crippen LogP contribution < -0.4 is 11.1 Å². The van der Waals surface area contributed by atoms with Crippen molar-refractivity contribution in [2.24, 2.45) is 10.7 Å². The Morgan fingerprint density at radius 1 is 1.37 bits per heavy atom. The molecule has 1 aliphatic carbocycles. The molecule has 1 fully saturated rings. The van der Waals surface area contributed by atoms with Crippen LogP contribution in [0.5, 0.6) is 0 Å². The lowest BCUT2D eigenvalue weighted by Gasteiger charge is -2.23. The van der Waals surface area contributed by atoms with Crippen molar-refractivity contribution in [1.29, 1.82) is 0 Å². The van der Waals surface area contributed by atoms with E-state index >= 15 is 0 Å². The molecule has 1 aromatic rings. The normalized spacial score (nSPS) is 17.0. The zero-order chi connectivity index (χ0) is 12.8. The van der Waals surface area contributed by atoms with Crippen molar-refractivity contribution in [3.63, 3.8) is 0 Å². The van der Waals surface area contributed by atoms with Gasteiger partial charge >= 0.3 is 0 Å². The number of hydrogen-bond donors (Lipinski definition) is 2. The van der Waals surface area contributed by atoms with Crippen LogP contribution in [0.1, 0.15) is 37.0 Å². The SMILES string of the molecule is I.NC(=NCCc1ccc(Br)s1)NC1CCCCC1. The molecule has 3 N–H and O–H groups in total. The molecule has 3 nitrogen and oxygen atoms in total. The minimum atomic E-state index is 0. The molecule has 0 atom stereocenters. The minimum absolute atomic E-state index is 0. The van der Waals surface area contributed by atoms with Crippen molar-refractivity contribution in [3.8, 4) is 0 Å². The molecule has 0 unspecified atom stereocenters. The van der Waals surface area contributed by atoms with Crippen LogP contribution in [0.25, 0.3) is 0 Å². The summed E-state index contributed by atoms with van der Waals surface area (Å²) in [4.78, 5) is 5.74. The molecule has 1 saturated carbocycles. The van der Waals surface area contributed by atoms with E-state index in [1.54, 1.807) is 11.3 Å². The fourth-order valence-electron chi connectivity index (χ4n) is 2.27. The number of hydrogen-bond acceptors (Lipinski definition) is 2. The van der Waals surface area contributed by atoms with Gasteiger partial charge in [-0.2, -0.15) is 0 Å². The second-order valence-corrected chi connectivity index (χ2v) is 7.25. The van der Waals surface area contributed by atoms with Crippen molar-refractivity contribution in [2.45, 2.75) is 44.6 Å². The maximum atomic E-state index is 5.91. The van der Waals surface area contributed by atoms with Gasteiger partial charge in [0.05, 0.1) is 3.79 Å².